The highest BCUT2D eigenvalue weighted by molar-refractivity contribution is 5.78. The standard InChI is InChI=1S/C10H15N3O2/c1-7(14)8-3-4-10(12-5-8)13(2)6-9(11)15/h3-5,7,14H,6H2,1-2H3,(H2,11,15). The lowest BCUT2D eigenvalue weighted by atomic mass is 10.2. The predicted octanol–water partition coefficient (Wildman–Crippen LogP) is 0.0564. The number of carbonyl (C=O) groups is 1. The third-order valence-corrected chi connectivity index (χ3v) is 2.04. The molecule has 1 aromatic heterocycles. The van der Waals surface area contributed by atoms with Crippen molar-refractivity contribution in [1.82, 2.24) is 4.98 Å². The molecule has 0 fully saturated rings. The number of anilines is 1. The number of hydrogen-bond donors (Lipinski definition) is 2. The first kappa shape index (κ1) is 11.5. The fourth-order valence-electron chi connectivity index (χ4n) is 1.19. The second-order valence-corrected chi connectivity index (χ2v) is 3.45. The van der Waals surface area contributed by atoms with Gasteiger partial charge in [0.15, 0.2) is 0 Å². The molecule has 0 aliphatic carbocycles. The van der Waals surface area contributed by atoms with Crippen LogP contribution in [0.15, 0.2) is 18.3 Å². The molecule has 5 heteroatoms. The Labute approximate surface area is 88.5 Å². The molecule has 1 atom stereocenters. The van der Waals surface area contributed by atoms with E-state index in [1.54, 1.807) is 37.2 Å². The second-order valence-electron chi connectivity index (χ2n) is 3.45. The van der Waals surface area contributed by atoms with Crippen LogP contribution in [0, 0.1) is 0 Å². The Balaban J connectivity index is 2.75. The van der Waals surface area contributed by atoms with Gasteiger partial charge in [0.25, 0.3) is 0 Å². The van der Waals surface area contributed by atoms with Crippen molar-refractivity contribution in [3.8, 4) is 0 Å². The summed E-state index contributed by atoms with van der Waals surface area (Å²) in [7, 11) is 1.73. The minimum atomic E-state index is -0.534. The monoisotopic (exact) mass is 209 g/mol. The van der Waals surface area contributed by atoms with Gasteiger partial charge in [-0.15, -0.1) is 0 Å². The summed E-state index contributed by atoms with van der Waals surface area (Å²) < 4.78 is 0. The van der Waals surface area contributed by atoms with Crippen molar-refractivity contribution in [3.63, 3.8) is 0 Å². The number of pyridine rings is 1. The SMILES string of the molecule is CC(O)c1ccc(N(C)CC(N)=O)nc1. The molecule has 3 N–H and O–H groups in total. The Morgan fingerprint density at radius 3 is 2.73 bits per heavy atom. The number of primary amides is 1. The van der Waals surface area contributed by atoms with E-state index in [2.05, 4.69) is 4.98 Å². The molecular weight excluding hydrogens is 194 g/mol. The zero-order valence-corrected chi connectivity index (χ0v) is 8.84. The molecule has 1 rings (SSSR count). The summed E-state index contributed by atoms with van der Waals surface area (Å²) in [5.74, 6) is 0.247. The van der Waals surface area contributed by atoms with Gasteiger partial charge < -0.3 is 15.7 Å². The van der Waals surface area contributed by atoms with Crippen LogP contribution in [0.5, 0.6) is 0 Å². The van der Waals surface area contributed by atoms with E-state index >= 15 is 0 Å². The van der Waals surface area contributed by atoms with Gasteiger partial charge >= 0.3 is 0 Å². The number of aromatic nitrogens is 1. The lowest BCUT2D eigenvalue weighted by Gasteiger charge is -2.16. The molecule has 0 saturated carbocycles. The van der Waals surface area contributed by atoms with Crippen LogP contribution in [0.25, 0.3) is 0 Å². The summed E-state index contributed by atoms with van der Waals surface area (Å²) in [4.78, 5) is 16.4. The molecule has 0 aliphatic rings. The fraction of sp³-hybridized carbons (Fsp3) is 0.400. The van der Waals surface area contributed by atoms with Gasteiger partial charge in [-0.2, -0.15) is 0 Å². The highest BCUT2D eigenvalue weighted by atomic mass is 16.3. The maximum Gasteiger partial charge on any atom is 0.236 e. The first-order valence-electron chi connectivity index (χ1n) is 4.64. The number of nitrogens with two attached hydrogens (primary N) is 1. The van der Waals surface area contributed by atoms with Crippen LogP contribution in [0.3, 0.4) is 0 Å². The first-order chi connectivity index (χ1) is 7.00. The summed E-state index contributed by atoms with van der Waals surface area (Å²) in [6, 6.07) is 3.51. The number of likely N-dealkylation sites (N-methyl/N-ethyl adjacent to an activating group) is 1. The van der Waals surface area contributed by atoms with E-state index in [9.17, 15) is 9.90 Å². The first-order valence-corrected chi connectivity index (χ1v) is 4.64. The van der Waals surface area contributed by atoms with E-state index in [-0.39, 0.29) is 6.54 Å². The van der Waals surface area contributed by atoms with Crippen molar-refractivity contribution in [2.24, 2.45) is 5.73 Å². The van der Waals surface area contributed by atoms with Crippen LogP contribution in [0.2, 0.25) is 0 Å². The number of hydrogen-bond acceptors (Lipinski definition) is 4. The average Bonchev–Trinajstić information content (AvgIpc) is 2.17. The van der Waals surface area contributed by atoms with E-state index in [0.717, 1.165) is 5.56 Å². The lowest BCUT2D eigenvalue weighted by molar-refractivity contribution is -0.116. The zero-order valence-electron chi connectivity index (χ0n) is 8.84. The highest BCUT2D eigenvalue weighted by Gasteiger charge is 2.06. The van der Waals surface area contributed by atoms with Gasteiger partial charge in [-0.3, -0.25) is 4.79 Å². The molecule has 0 aliphatic heterocycles. The summed E-state index contributed by atoms with van der Waals surface area (Å²) in [6.45, 7) is 1.80. The molecular formula is C10H15N3O2. The maximum atomic E-state index is 10.7. The van der Waals surface area contributed by atoms with Gasteiger partial charge in [0.05, 0.1) is 12.6 Å². The molecule has 0 radical (unpaired) electrons. The van der Waals surface area contributed by atoms with Crippen molar-refractivity contribution in [2.45, 2.75) is 13.0 Å². The minimum Gasteiger partial charge on any atom is -0.389 e. The third-order valence-electron chi connectivity index (χ3n) is 2.04. The Bertz CT molecular complexity index is 335. The number of carbonyl (C=O) groups excluding carboxylic acids is 1. The van der Waals surface area contributed by atoms with Gasteiger partial charge in [0.2, 0.25) is 5.91 Å². The molecule has 5 nitrogen and oxygen atoms in total. The molecule has 1 amide bonds. The molecule has 15 heavy (non-hydrogen) atoms. The van der Waals surface area contributed by atoms with Crippen molar-refractivity contribution in [3.05, 3.63) is 23.9 Å². The number of rotatable bonds is 4. The van der Waals surface area contributed by atoms with E-state index < -0.39 is 12.0 Å². The summed E-state index contributed by atoms with van der Waals surface area (Å²) in [6.07, 6.45) is 1.05. The Morgan fingerprint density at radius 1 is 1.67 bits per heavy atom. The van der Waals surface area contributed by atoms with Crippen LogP contribution < -0.4 is 10.6 Å². The van der Waals surface area contributed by atoms with Crippen molar-refractivity contribution in [1.29, 1.82) is 0 Å². The molecule has 0 bridgehead atoms. The van der Waals surface area contributed by atoms with Crippen molar-refractivity contribution >= 4 is 11.7 Å². The van der Waals surface area contributed by atoms with Crippen LogP contribution in [0.1, 0.15) is 18.6 Å². The zero-order chi connectivity index (χ0) is 11.4. The lowest BCUT2D eigenvalue weighted by Crippen LogP contribution is -2.31. The molecule has 0 saturated heterocycles. The number of aliphatic hydroxyl groups is 1. The van der Waals surface area contributed by atoms with Crippen LogP contribution in [0.4, 0.5) is 5.82 Å². The van der Waals surface area contributed by atoms with Crippen LogP contribution in [-0.2, 0) is 4.79 Å². The Kier molecular flexibility index (Phi) is 3.62. The average molecular weight is 209 g/mol. The molecule has 1 unspecified atom stereocenters. The van der Waals surface area contributed by atoms with Crippen LogP contribution in [-0.4, -0.2) is 29.6 Å². The molecule has 1 aromatic rings. The quantitative estimate of drug-likeness (QED) is 0.734. The van der Waals surface area contributed by atoms with Crippen LogP contribution >= 0.6 is 0 Å². The van der Waals surface area contributed by atoms with Gasteiger partial charge in [-0.25, -0.2) is 4.98 Å². The van der Waals surface area contributed by atoms with Crippen molar-refractivity contribution in [2.75, 3.05) is 18.5 Å². The normalized spacial score (nSPS) is 12.2. The smallest absolute Gasteiger partial charge is 0.236 e. The summed E-state index contributed by atoms with van der Waals surface area (Å²) >= 11 is 0. The second kappa shape index (κ2) is 4.75. The summed E-state index contributed by atoms with van der Waals surface area (Å²) in [5.41, 5.74) is 5.80. The Morgan fingerprint density at radius 2 is 2.33 bits per heavy atom. The van der Waals surface area contributed by atoms with Gasteiger partial charge in [0, 0.05) is 13.2 Å². The van der Waals surface area contributed by atoms with Gasteiger partial charge in [-0.1, -0.05) is 6.07 Å². The van der Waals surface area contributed by atoms with E-state index in [4.69, 9.17) is 5.73 Å². The van der Waals surface area contributed by atoms with E-state index in [1.165, 1.54) is 0 Å². The number of aliphatic hydroxyl groups excluding tert-OH is 1. The van der Waals surface area contributed by atoms with E-state index in [0.29, 0.717) is 5.82 Å². The number of nitrogens with zero attached hydrogens (tertiary/aromatic N) is 2. The maximum absolute atomic E-state index is 10.7. The largest absolute Gasteiger partial charge is 0.389 e. The molecule has 1 heterocycles. The highest BCUT2D eigenvalue weighted by Crippen LogP contribution is 2.14. The van der Waals surface area contributed by atoms with Gasteiger partial charge in [0.1, 0.15) is 5.82 Å². The molecule has 0 aromatic carbocycles. The fourth-order valence-corrected chi connectivity index (χ4v) is 1.19. The van der Waals surface area contributed by atoms with Crippen molar-refractivity contribution < 1.29 is 9.90 Å². The summed E-state index contributed by atoms with van der Waals surface area (Å²) in [5, 5.41) is 9.27. The molecule has 0 spiro atoms. The predicted molar refractivity (Wildman–Crippen MR) is 57.3 cm³/mol. The molecule has 82 valence electrons. The Hall–Kier alpha value is -1.62. The van der Waals surface area contributed by atoms with Gasteiger partial charge in [-0.05, 0) is 18.6 Å². The topological polar surface area (TPSA) is 79.5 Å². The minimum absolute atomic E-state index is 0.126. The van der Waals surface area contributed by atoms with E-state index in [1.807, 2.05) is 0 Å². The number of amides is 1. The third kappa shape index (κ3) is 3.21.